The number of carbonyl (C=O) groups excluding carboxylic acids is 1. The molecule has 0 aliphatic heterocycles. The fraction of sp³-hybridized carbons (Fsp3) is 0.909. The van der Waals surface area contributed by atoms with Gasteiger partial charge in [-0.1, -0.05) is 27.7 Å². The van der Waals surface area contributed by atoms with E-state index in [9.17, 15) is 4.79 Å². The molecular formula is C11H23NOS. The summed E-state index contributed by atoms with van der Waals surface area (Å²) in [5.74, 6) is 1.40. The number of hydrogen-bond donors (Lipinski definition) is 2. The molecule has 1 amide bonds. The molecule has 0 aromatic carbocycles. The maximum atomic E-state index is 11.2. The summed E-state index contributed by atoms with van der Waals surface area (Å²) in [6.07, 6.45) is 1.65. The highest BCUT2D eigenvalue weighted by molar-refractivity contribution is 7.80. The van der Waals surface area contributed by atoms with Crippen LogP contribution in [0.2, 0.25) is 0 Å². The Hall–Kier alpha value is -0.180. The van der Waals surface area contributed by atoms with Crippen LogP contribution in [0.15, 0.2) is 0 Å². The van der Waals surface area contributed by atoms with E-state index in [2.05, 4.69) is 45.6 Å². The van der Waals surface area contributed by atoms with Crippen LogP contribution in [0.25, 0.3) is 0 Å². The Balaban J connectivity index is 3.80. The van der Waals surface area contributed by atoms with Crippen molar-refractivity contribution in [2.24, 2.45) is 11.3 Å². The molecule has 2 nitrogen and oxygen atoms in total. The average molecular weight is 217 g/mol. The highest BCUT2D eigenvalue weighted by Gasteiger charge is 2.19. The lowest BCUT2D eigenvalue weighted by atomic mass is 9.84. The van der Waals surface area contributed by atoms with Gasteiger partial charge in [-0.2, -0.15) is 12.6 Å². The molecule has 0 fully saturated rings. The summed E-state index contributed by atoms with van der Waals surface area (Å²) in [4.78, 5) is 11.2. The van der Waals surface area contributed by atoms with Crippen LogP contribution in [-0.2, 0) is 4.79 Å². The van der Waals surface area contributed by atoms with Crippen molar-refractivity contribution in [3.63, 3.8) is 0 Å². The molecule has 0 unspecified atom stereocenters. The molecule has 0 heterocycles. The van der Waals surface area contributed by atoms with E-state index in [1.807, 2.05) is 0 Å². The van der Waals surface area contributed by atoms with Gasteiger partial charge in [-0.25, -0.2) is 0 Å². The van der Waals surface area contributed by atoms with E-state index in [0.717, 1.165) is 13.0 Å². The lowest BCUT2D eigenvalue weighted by Crippen LogP contribution is -2.34. The minimum absolute atomic E-state index is 0.108. The molecule has 0 bridgehead atoms. The molecular weight excluding hydrogens is 194 g/mol. The molecule has 0 rings (SSSR count). The minimum Gasteiger partial charge on any atom is -0.356 e. The number of nitrogens with one attached hydrogen (secondary N) is 1. The summed E-state index contributed by atoms with van der Waals surface area (Å²) in [7, 11) is 0. The molecule has 84 valence electrons. The van der Waals surface area contributed by atoms with E-state index >= 15 is 0 Å². The second-order valence-corrected chi connectivity index (χ2v) is 5.46. The minimum atomic E-state index is 0.108. The van der Waals surface area contributed by atoms with Gasteiger partial charge in [0.15, 0.2) is 0 Å². The predicted molar refractivity (Wildman–Crippen MR) is 64.7 cm³/mol. The zero-order valence-electron chi connectivity index (χ0n) is 9.76. The fourth-order valence-corrected chi connectivity index (χ4v) is 1.91. The lowest BCUT2D eigenvalue weighted by Gasteiger charge is -2.26. The molecule has 0 saturated carbocycles. The first-order valence-corrected chi connectivity index (χ1v) is 5.88. The first kappa shape index (κ1) is 13.8. The van der Waals surface area contributed by atoms with Gasteiger partial charge in [-0.15, -0.1) is 0 Å². The Morgan fingerprint density at radius 1 is 1.43 bits per heavy atom. The van der Waals surface area contributed by atoms with E-state index in [-0.39, 0.29) is 11.3 Å². The summed E-state index contributed by atoms with van der Waals surface area (Å²) in [6.45, 7) is 9.55. The molecule has 3 heteroatoms. The summed E-state index contributed by atoms with van der Waals surface area (Å²) >= 11 is 4.02. The zero-order chi connectivity index (χ0) is 11.2. The smallest absolute Gasteiger partial charge is 0.220 e. The Bertz CT molecular complexity index is 178. The van der Waals surface area contributed by atoms with E-state index in [0.29, 0.717) is 18.1 Å². The van der Waals surface area contributed by atoms with Gasteiger partial charge in [0.2, 0.25) is 5.91 Å². The van der Waals surface area contributed by atoms with Gasteiger partial charge >= 0.3 is 0 Å². The van der Waals surface area contributed by atoms with E-state index in [1.165, 1.54) is 0 Å². The number of carbonyl (C=O) groups is 1. The molecule has 0 atom stereocenters. The highest BCUT2D eigenvalue weighted by Crippen LogP contribution is 2.23. The van der Waals surface area contributed by atoms with E-state index < -0.39 is 0 Å². The molecule has 14 heavy (non-hydrogen) atoms. The van der Waals surface area contributed by atoms with Crippen molar-refractivity contribution in [1.82, 2.24) is 5.32 Å². The van der Waals surface area contributed by atoms with Crippen molar-refractivity contribution < 1.29 is 4.79 Å². The number of amides is 1. The van der Waals surface area contributed by atoms with Gasteiger partial charge in [-0.05, 0) is 23.5 Å². The predicted octanol–water partition coefficient (Wildman–Crippen LogP) is 2.49. The summed E-state index contributed by atoms with van der Waals surface area (Å²) in [5.41, 5.74) is 0.195. The summed E-state index contributed by atoms with van der Waals surface area (Å²) in [5, 5.41) is 2.94. The van der Waals surface area contributed by atoms with Gasteiger partial charge in [0.25, 0.3) is 0 Å². The van der Waals surface area contributed by atoms with Crippen LogP contribution in [0.5, 0.6) is 0 Å². The van der Waals surface area contributed by atoms with Crippen LogP contribution in [0.1, 0.15) is 40.5 Å². The Morgan fingerprint density at radius 2 is 2.00 bits per heavy atom. The van der Waals surface area contributed by atoms with Gasteiger partial charge in [-0.3, -0.25) is 4.79 Å². The van der Waals surface area contributed by atoms with Gasteiger partial charge < -0.3 is 5.32 Å². The lowest BCUT2D eigenvalue weighted by molar-refractivity contribution is -0.121. The van der Waals surface area contributed by atoms with Gasteiger partial charge in [0.05, 0.1) is 0 Å². The average Bonchev–Trinajstić information content (AvgIpc) is 1.99. The Kier molecular flexibility index (Phi) is 6.25. The van der Waals surface area contributed by atoms with Crippen molar-refractivity contribution in [2.45, 2.75) is 40.5 Å². The normalized spacial score (nSPS) is 11.9. The first-order chi connectivity index (χ1) is 6.37. The van der Waals surface area contributed by atoms with Crippen molar-refractivity contribution in [2.75, 3.05) is 12.3 Å². The van der Waals surface area contributed by atoms with Gasteiger partial charge in [0.1, 0.15) is 0 Å². The standard InChI is InChI=1S/C11H23NOS/c1-9(2)7-11(3,4)8-12-10(13)5-6-14/h9,14H,5-8H2,1-4H3,(H,12,13). The molecule has 0 aliphatic carbocycles. The number of thiol groups is 1. The third-order valence-electron chi connectivity index (χ3n) is 2.06. The quantitative estimate of drug-likeness (QED) is 0.658. The molecule has 0 radical (unpaired) electrons. The topological polar surface area (TPSA) is 29.1 Å². The fourth-order valence-electron chi connectivity index (χ4n) is 1.71. The molecule has 0 aliphatic rings. The molecule has 0 aromatic heterocycles. The maximum absolute atomic E-state index is 11.2. The van der Waals surface area contributed by atoms with Gasteiger partial charge in [0, 0.05) is 13.0 Å². The Morgan fingerprint density at radius 3 is 2.43 bits per heavy atom. The SMILES string of the molecule is CC(C)CC(C)(C)CNC(=O)CCS. The molecule has 0 saturated heterocycles. The summed E-state index contributed by atoms with van der Waals surface area (Å²) in [6, 6.07) is 0. The largest absolute Gasteiger partial charge is 0.356 e. The summed E-state index contributed by atoms with van der Waals surface area (Å²) < 4.78 is 0. The van der Waals surface area contributed by atoms with Crippen molar-refractivity contribution >= 4 is 18.5 Å². The van der Waals surface area contributed by atoms with Crippen LogP contribution >= 0.6 is 12.6 Å². The van der Waals surface area contributed by atoms with Crippen molar-refractivity contribution in [3.8, 4) is 0 Å². The Labute approximate surface area is 93.3 Å². The third kappa shape index (κ3) is 7.25. The van der Waals surface area contributed by atoms with Crippen LogP contribution < -0.4 is 5.32 Å². The zero-order valence-corrected chi connectivity index (χ0v) is 10.7. The van der Waals surface area contributed by atoms with Crippen LogP contribution in [-0.4, -0.2) is 18.2 Å². The van der Waals surface area contributed by atoms with Crippen LogP contribution in [0.4, 0.5) is 0 Å². The number of rotatable bonds is 6. The second kappa shape index (κ2) is 6.33. The third-order valence-corrected chi connectivity index (χ3v) is 2.29. The highest BCUT2D eigenvalue weighted by atomic mass is 32.1. The molecule has 0 spiro atoms. The maximum Gasteiger partial charge on any atom is 0.220 e. The number of hydrogen-bond acceptors (Lipinski definition) is 2. The second-order valence-electron chi connectivity index (χ2n) is 5.01. The van der Waals surface area contributed by atoms with Crippen LogP contribution in [0, 0.1) is 11.3 Å². The monoisotopic (exact) mass is 217 g/mol. The van der Waals surface area contributed by atoms with E-state index in [4.69, 9.17) is 0 Å². The first-order valence-electron chi connectivity index (χ1n) is 5.25. The van der Waals surface area contributed by atoms with E-state index in [1.54, 1.807) is 0 Å². The van der Waals surface area contributed by atoms with Crippen LogP contribution in [0.3, 0.4) is 0 Å². The van der Waals surface area contributed by atoms with Crippen molar-refractivity contribution in [1.29, 1.82) is 0 Å². The molecule has 0 aromatic rings. The molecule has 1 N–H and O–H groups in total. The van der Waals surface area contributed by atoms with Crippen molar-refractivity contribution in [3.05, 3.63) is 0 Å².